The van der Waals surface area contributed by atoms with Crippen molar-refractivity contribution in [2.24, 2.45) is 5.92 Å². The lowest BCUT2D eigenvalue weighted by atomic mass is 9.97. The van der Waals surface area contributed by atoms with Crippen molar-refractivity contribution in [1.82, 2.24) is 0 Å². The maximum Gasteiger partial charge on any atom is 0.261 e. The molecule has 0 aromatic heterocycles. The predicted molar refractivity (Wildman–Crippen MR) is 86.2 cm³/mol. The highest BCUT2D eigenvalue weighted by molar-refractivity contribution is 8.13. The fraction of sp³-hybridized carbons (Fsp3) is 0.533. The second-order valence-electron chi connectivity index (χ2n) is 5.18. The molecule has 0 aliphatic rings. The van der Waals surface area contributed by atoms with E-state index < -0.39 is 9.05 Å². The number of carbonyl (C=O) groups is 1. The van der Waals surface area contributed by atoms with E-state index in [4.69, 9.17) is 10.7 Å². The molecule has 0 aliphatic heterocycles. The lowest BCUT2D eigenvalue weighted by molar-refractivity contribution is -0.120. The Morgan fingerprint density at radius 1 is 1.24 bits per heavy atom. The van der Waals surface area contributed by atoms with Gasteiger partial charge in [0.15, 0.2) is 0 Å². The highest BCUT2D eigenvalue weighted by atomic mass is 35.7. The van der Waals surface area contributed by atoms with E-state index in [-0.39, 0.29) is 16.7 Å². The van der Waals surface area contributed by atoms with Crippen LogP contribution in [0.3, 0.4) is 0 Å². The Bertz CT molecular complexity index is 593. The average Bonchev–Trinajstić information content (AvgIpc) is 2.37. The minimum atomic E-state index is -3.75. The molecular weight excluding hydrogens is 310 g/mol. The normalized spacial score (nSPS) is 11.7. The molecule has 1 amide bonds. The van der Waals surface area contributed by atoms with E-state index in [9.17, 15) is 13.2 Å². The Kier molecular flexibility index (Phi) is 6.68. The molecule has 0 bridgehead atoms. The van der Waals surface area contributed by atoms with Gasteiger partial charge in [-0.15, -0.1) is 0 Å². The van der Waals surface area contributed by atoms with E-state index in [1.165, 1.54) is 6.07 Å². The third-order valence-corrected chi connectivity index (χ3v) is 4.83. The predicted octanol–water partition coefficient (Wildman–Crippen LogP) is 4.08. The quantitative estimate of drug-likeness (QED) is 0.766. The zero-order valence-electron chi connectivity index (χ0n) is 12.6. The van der Waals surface area contributed by atoms with Crippen LogP contribution in [0.4, 0.5) is 5.69 Å². The standard InChI is InChI=1S/C15H22ClNO3S/c1-4-6-12(7-5-2)15(18)17-13-8-9-14(11(3)10-13)21(16,19)20/h8-10,12H,4-7H2,1-3H3,(H,17,18). The van der Waals surface area contributed by atoms with Crippen LogP contribution in [-0.4, -0.2) is 14.3 Å². The van der Waals surface area contributed by atoms with Gasteiger partial charge in [-0.3, -0.25) is 4.79 Å². The van der Waals surface area contributed by atoms with Gasteiger partial charge in [0.25, 0.3) is 9.05 Å². The number of rotatable bonds is 7. The van der Waals surface area contributed by atoms with Gasteiger partial charge in [0, 0.05) is 22.3 Å². The fourth-order valence-corrected chi connectivity index (χ4v) is 3.54. The number of aryl methyl sites for hydroxylation is 1. The Labute approximate surface area is 131 Å². The van der Waals surface area contributed by atoms with Crippen molar-refractivity contribution in [2.75, 3.05) is 5.32 Å². The molecule has 0 radical (unpaired) electrons. The average molecular weight is 332 g/mol. The first-order valence-corrected chi connectivity index (χ1v) is 9.46. The number of benzene rings is 1. The van der Waals surface area contributed by atoms with Gasteiger partial charge < -0.3 is 5.32 Å². The lowest BCUT2D eigenvalue weighted by Gasteiger charge is -2.16. The van der Waals surface area contributed by atoms with Crippen LogP contribution in [0.2, 0.25) is 0 Å². The van der Waals surface area contributed by atoms with Gasteiger partial charge in [-0.05, 0) is 43.5 Å². The maximum absolute atomic E-state index is 12.2. The molecule has 0 atom stereocenters. The molecule has 118 valence electrons. The van der Waals surface area contributed by atoms with Crippen molar-refractivity contribution in [1.29, 1.82) is 0 Å². The molecule has 0 heterocycles. The summed E-state index contributed by atoms with van der Waals surface area (Å²) in [6.45, 7) is 5.76. The topological polar surface area (TPSA) is 63.2 Å². The highest BCUT2D eigenvalue weighted by Gasteiger charge is 2.18. The zero-order chi connectivity index (χ0) is 16.0. The Morgan fingerprint density at radius 2 is 1.81 bits per heavy atom. The van der Waals surface area contributed by atoms with Crippen LogP contribution in [0, 0.1) is 12.8 Å². The van der Waals surface area contributed by atoms with Crippen LogP contribution in [0.15, 0.2) is 23.1 Å². The monoisotopic (exact) mass is 331 g/mol. The first-order valence-electron chi connectivity index (χ1n) is 7.15. The zero-order valence-corrected chi connectivity index (χ0v) is 14.2. The van der Waals surface area contributed by atoms with Gasteiger partial charge in [-0.25, -0.2) is 8.42 Å². The van der Waals surface area contributed by atoms with Crippen molar-refractivity contribution in [3.8, 4) is 0 Å². The van der Waals surface area contributed by atoms with E-state index in [0.717, 1.165) is 25.7 Å². The van der Waals surface area contributed by atoms with E-state index >= 15 is 0 Å². The number of hydrogen-bond donors (Lipinski definition) is 1. The largest absolute Gasteiger partial charge is 0.326 e. The molecular formula is C15H22ClNO3S. The summed E-state index contributed by atoms with van der Waals surface area (Å²) in [5.74, 6) is -0.0173. The summed E-state index contributed by atoms with van der Waals surface area (Å²) in [6.07, 6.45) is 3.63. The van der Waals surface area contributed by atoms with Gasteiger partial charge in [0.1, 0.15) is 0 Å². The Hall–Kier alpha value is -1.07. The van der Waals surface area contributed by atoms with Crippen molar-refractivity contribution in [2.45, 2.75) is 51.3 Å². The van der Waals surface area contributed by atoms with Crippen LogP contribution in [0.1, 0.15) is 45.1 Å². The molecule has 1 rings (SSSR count). The van der Waals surface area contributed by atoms with Gasteiger partial charge in [-0.1, -0.05) is 26.7 Å². The van der Waals surface area contributed by atoms with E-state index in [1.807, 2.05) is 0 Å². The molecule has 0 saturated heterocycles. The molecule has 0 spiro atoms. The Balaban J connectivity index is 2.88. The number of nitrogens with one attached hydrogen (secondary N) is 1. The second kappa shape index (κ2) is 7.80. The Morgan fingerprint density at radius 3 is 2.24 bits per heavy atom. The summed E-state index contributed by atoms with van der Waals surface area (Å²) in [5.41, 5.74) is 1.11. The number of amides is 1. The molecule has 1 aromatic rings. The molecule has 1 aromatic carbocycles. The number of halogens is 1. The summed E-state index contributed by atoms with van der Waals surface area (Å²) in [4.78, 5) is 12.3. The SMILES string of the molecule is CCCC(CCC)C(=O)Nc1ccc(S(=O)(=O)Cl)c(C)c1. The van der Waals surface area contributed by atoms with Gasteiger partial charge in [0.2, 0.25) is 5.91 Å². The van der Waals surface area contributed by atoms with E-state index in [0.29, 0.717) is 11.3 Å². The summed E-state index contributed by atoms with van der Waals surface area (Å²) in [7, 11) is 1.59. The van der Waals surface area contributed by atoms with Gasteiger partial charge in [-0.2, -0.15) is 0 Å². The molecule has 6 heteroatoms. The van der Waals surface area contributed by atoms with Gasteiger partial charge >= 0.3 is 0 Å². The molecule has 0 aliphatic carbocycles. The van der Waals surface area contributed by atoms with Crippen LogP contribution in [0.5, 0.6) is 0 Å². The fourth-order valence-electron chi connectivity index (χ4n) is 2.35. The van der Waals surface area contributed by atoms with Crippen molar-refractivity contribution < 1.29 is 13.2 Å². The number of carbonyl (C=O) groups excluding carboxylic acids is 1. The van der Waals surface area contributed by atoms with E-state index in [2.05, 4.69) is 19.2 Å². The summed E-state index contributed by atoms with van der Waals surface area (Å²) < 4.78 is 22.7. The second-order valence-corrected chi connectivity index (χ2v) is 7.72. The van der Waals surface area contributed by atoms with E-state index in [1.54, 1.807) is 19.1 Å². The smallest absolute Gasteiger partial charge is 0.261 e. The van der Waals surface area contributed by atoms with Crippen molar-refractivity contribution in [3.05, 3.63) is 23.8 Å². The van der Waals surface area contributed by atoms with Crippen molar-refractivity contribution >= 4 is 31.3 Å². The molecule has 21 heavy (non-hydrogen) atoms. The third kappa shape index (κ3) is 5.32. The first-order chi connectivity index (χ1) is 9.79. The molecule has 4 nitrogen and oxygen atoms in total. The minimum absolute atomic E-state index is 0.00302. The summed E-state index contributed by atoms with van der Waals surface area (Å²) in [6, 6.07) is 4.61. The van der Waals surface area contributed by atoms with Crippen LogP contribution < -0.4 is 5.32 Å². The molecule has 1 N–H and O–H groups in total. The highest BCUT2D eigenvalue weighted by Crippen LogP contribution is 2.24. The third-order valence-electron chi connectivity index (χ3n) is 3.35. The van der Waals surface area contributed by atoms with Gasteiger partial charge in [0.05, 0.1) is 4.90 Å². The number of hydrogen-bond acceptors (Lipinski definition) is 3. The summed E-state index contributed by atoms with van der Waals surface area (Å²) in [5, 5.41) is 2.85. The molecule has 0 unspecified atom stereocenters. The number of anilines is 1. The van der Waals surface area contributed by atoms with Crippen LogP contribution in [0.25, 0.3) is 0 Å². The van der Waals surface area contributed by atoms with Crippen LogP contribution in [-0.2, 0) is 13.8 Å². The van der Waals surface area contributed by atoms with Crippen LogP contribution >= 0.6 is 10.7 Å². The lowest BCUT2D eigenvalue weighted by Crippen LogP contribution is -2.22. The summed E-state index contributed by atoms with van der Waals surface area (Å²) >= 11 is 0. The van der Waals surface area contributed by atoms with Crippen molar-refractivity contribution in [3.63, 3.8) is 0 Å². The molecule has 0 fully saturated rings. The maximum atomic E-state index is 12.2. The first kappa shape index (κ1) is 18.0. The molecule has 0 saturated carbocycles. The minimum Gasteiger partial charge on any atom is -0.326 e.